The molecule has 0 fully saturated rings. The third kappa shape index (κ3) is 8.25. The second-order valence-electron chi connectivity index (χ2n) is 9.87. The van der Waals surface area contributed by atoms with Gasteiger partial charge in [0.15, 0.2) is 0 Å². The zero-order valence-corrected chi connectivity index (χ0v) is 23.1. The van der Waals surface area contributed by atoms with Crippen LogP contribution in [0, 0.1) is 13.8 Å². The maximum absolute atomic E-state index is 13.7. The fourth-order valence-electron chi connectivity index (χ4n) is 3.87. The number of carbonyl (C=O) groups excluding carboxylic acids is 2. The summed E-state index contributed by atoms with van der Waals surface area (Å²) < 4.78 is 26.5. The van der Waals surface area contributed by atoms with E-state index in [9.17, 15) is 18.0 Å². The Balaban J connectivity index is 2.49. The van der Waals surface area contributed by atoms with E-state index in [1.165, 1.54) is 4.90 Å². The molecule has 0 heterocycles. The summed E-state index contributed by atoms with van der Waals surface area (Å²) in [6, 6.07) is 11.7. The molecular formula is C26H36ClN3O4S. The maximum atomic E-state index is 13.7. The van der Waals surface area contributed by atoms with E-state index in [1.807, 2.05) is 58.9 Å². The van der Waals surface area contributed by atoms with Gasteiger partial charge < -0.3 is 10.2 Å². The monoisotopic (exact) mass is 521 g/mol. The Hall–Kier alpha value is -2.58. The van der Waals surface area contributed by atoms with Gasteiger partial charge in [-0.05, 0) is 70.4 Å². The Bertz CT molecular complexity index is 1180. The van der Waals surface area contributed by atoms with E-state index >= 15 is 0 Å². The summed E-state index contributed by atoms with van der Waals surface area (Å²) in [7, 11) is -3.80. The second-order valence-corrected chi connectivity index (χ2v) is 12.2. The standard InChI is InChI=1S/C26H36ClN3O4S/c1-8-22(25(32)28-26(4,5)6)29(16-20-11-9-10-18(2)14-20)24(31)17-30(35(7,33)34)23-13-12-21(27)15-19(23)3/h9-15,22H,8,16-17H2,1-7H3,(H,28,32)/t22-/m1/s1. The summed E-state index contributed by atoms with van der Waals surface area (Å²) in [6.07, 6.45) is 1.43. The Morgan fingerprint density at radius 1 is 1.09 bits per heavy atom. The molecule has 0 aliphatic carbocycles. The minimum absolute atomic E-state index is 0.174. The quantitative estimate of drug-likeness (QED) is 0.528. The van der Waals surface area contributed by atoms with Crippen molar-refractivity contribution < 1.29 is 18.0 Å². The van der Waals surface area contributed by atoms with Gasteiger partial charge in [-0.15, -0.1) is 0 Å². The lowest BCUT2D eigenvalue weighted by Gasteiger charge is -2.34. The van der Waals surface area contributed by atoms with Crippen molar-refractivity contribution in [1.82, 2.24) is 10.2 Å². The molecule has 2 aromatic carbocycles. The highest BCUT2D eigenvalue weighted by Gasteiger charge is 2.33. The van der Waals surface area contributed by atoms with Crippen molar-refractivity contribution in [3.8, 4) is 0 Å². The molecule has 2 aromatic rings. The average molecular weight is 522 g/mol. The van der Waals surface area contributed by atoms with Crippen molar-refractivity contribution in [2.45, 2.75) is 66.1 Å². The van der Waals surface area contributed by atoms with Gasteiger partial charge in [0.2, 0.25) is 21.8 Å². The van der Waals surface area contributed by atoms with Crippen molar-refractivity contribution >= 4 is 39.1 Å². The molecule has 2 rings (SSSR count). The Morgan fingerprint density at radius 2 is 1.74 bits per heavy atom. The third-order valence-electron chi connectivity index (χ3n) is 5.43. The lowest BCUT2D eigenvalue weighted by atomic mass is 10.0. The van der Waals surface area contributed by atoms with Crippen LogP contribution in [0.3, 0.4) is 0 Å². The van der Waals surface area contributed by atoms with E-state index < -0.39 is 34.1 Å². The zero-order valence-electron chi connectivity index (χ0n) is 21.6. The molecule has 9 heteroatoms. The van der Waals surface area contributed by atoms with Gasteiger partial charge in [0, 0.05) is 17.1 Å². The zero-order chi connectivity index (χ0) is 26.6. The van der Waals surface area contributed by atoms with Gasteiger partial charge in [0.05, 0.1) is 11.9 Å². The Labute approximate surface area is 214 Å². The molecule has 0 spiro atoms. The third-order valence-corrected chi connectivity index (χ3v) is 6.79. The van der Waals surface area contributed by atoms with Gasteiger partial charge in [-0.3, -0.25) is 13.9 Å². The molecule has 0 saturated heterocycles. The average Bonchev–Trinajstić information content (AvgIpc) is 2.70. The molecule has 0 aliphatic heterocycles. The van der Waals surface area contributed by atoms with Crippen LogP contribution in [0.25, 0.3) is 0 Å². The first-order chi connectivity index (χ1) is 16.1. The summed E-state index contributed by atoms with van der Waals surface area (Å²) >= 11 is 6.06. The van der Waals surface area contributed by atoms with Gasteiger partial charge in [0.25, 0.3) is 0 Å². The molecule has 0 bridgehead atoms. The van der Waals surface area contributed by atoms with E-state index in [0.717, 1.165) is 21.7 Å². The van der Waals surface area contributed by atoms with E-state index in [4.69, 9.17) is 11.6 Å². The Kier molecular flexibility index (Phi) is 9.36. The van der Waals surface area contributed by atoms with Gasteiger partial charge >= 0.3 is 0 Å². The summed E-state index contributed by atoms with van der Waals surface area (Å²) in [4.78, 5) is 28.4. The number of nitrogens with zero attached hydrogens (tertiary/aromatic N) is 2. The Morgan fingerprint density at radius 3 is 2.26 bits per heavy atom. The first kappa shape index (κ1) is 28.7. The summed E-state index contributed by atoms with van der Waals surface area (Å²) in [5.74, 6) is -0.753. The number of amides is 2. The van der Waals surface area contributed by atoms with E-state index in [0.29, 0.717) is 22.7 Å². The number of rotatable bonds is 9. The number of anilines is 1. The SMILES string of the molecule is CC[C@H](C(=O)NC(C)(C)C)N(Cc1cccc(C)c1)C(=O)CN(c1ccc(Cl)cc1C)S(C)(=O)=O. The van der Waals surface area contributed by atoms with Crippen molar-refractivity contribution in [2.24, 2.45) is 0 Å². The van der Waals surface area contributed by atoms with Crippen LogP contribution in [0.2, 0.25) is 5.02 Å². The fourth-order valence-corrected chi connectivity index (χ4v) is 5.01. The molecule has 0 unspecified atom stereocenters. The molecule has 2 amide bonds. The van der Waals surface area contributed by atoms with E-state index in [2.05, 4.69) is 5.32 Å². The van der Waals surface area contributed by atoms with E-state index in [1.54, 1.807) is 25.1 Å². The molecule has 1 atom stereocenters. The highest BCUT2D eigenvalue weighted by atomic mass is 35.5. The van der Waals surface area contributed by atoms with Crippen LogP contribution in [0.5, 0.6) is 0 Å². The van der Waals surface area contributed by atoms with Crippen LogP contribution in [-0.2, 0) is 26.2 Å². The van der Waals surface area contributed by atoms with Crippen molar-refractivity contribution in [3.63, 3.8) is 0 Å². The van der Waals surface area contributed by atoms with E-state index in [-0.39, 0.29) is 12.5 Å². The first-order valence-electron chi connectivity index (χ1n) is 11.5. The molecular weight excluding hydrogens is 486 g/mol. The van der Waals surface area contributed by atoms with Gasteiger partial charge in [-0.1, -0.05) is 48.4 Å². The molecule has 7 nitrogen and oxygen atoms in total. The predicted molar refractivity (Wildman–Crippen MR) is 142 cm³/mol. The fraction of sp³-hybridized carbons (Fsp3) is 0.462. The molecule has 192 valence electrons. The second kappa shape index (κ2) is 11.4. The molecule has 0 radical (unpaired) electrons. The minimum atomic E-state index is -3.80. The summed E-state index contributed by atoms with van der Waals surface area (Å²) in [6.45, 7) is 10.9. The van der Waals surface area contributed by atoms with Crippen LogP contribution >= 0.6 is 11.6 Å². The lowest BCUT2D eigenvalue weighted by molar-refractivity contribution is -0.141. The summed E-state index contributed by atoms with van der Waals surface area (Å²) in [5.41, 5.74) is 2.39. The van der Waals surface area contributed by atoms with Crippen LogP contribution in [-0.4, -0.2) is 49.5 Å². The number of hydrogen-bond donors (Lipinski definition) is 1. The van der Waals surface area contributed by atoms with Gasteiger partial charge in [-0.25, -0.2) is 8.42 Å². The smallest absolute Gasteiger partial charge is 0.244 e. The number of sulfonamides is 1. The van der Waals surface area contributed by atoms with Crippen molar-refractivity contribution in [1.29, 1.82) is 0 Å². The molecule has 0 aromatic heterocycles. The topological polar surface area (TPSA) is 86.8 Å². The normalized spacial score (nSPS) is 12.7. The molecule has 1 N–H and O–H groups in total. The lowest BCUT2D eigenvalue weighted by Crippen LogP contribution is -2.55. The van der Waals surface area contributed by atoms with Crippen LogP contribution < -0.4 is 9.62 Å². The largest absolute Gasteiger partial charge is 0.350 e. The maximum Gasteiger partial charge on any atom is 0.244 e. The number of aryl methyl sites for hydroxylation is 2. The van der Waals surface area contributed by atoms with Crippen molar-refractivity contribution in [2.75, 3.05) is 17.1 Å². The number of nitrogens with one attached hydrogen (secondary N) is 1. The number of hydrogen-bond acceptors (Lipinski definition) is 4. The number of halogens is 1. The highest BCUT2D eigenvalue weighted by molar-refractivity contribution is 7.92. The van der Waals surface area contributed by atoms with Crippen molar-refractivity contribution in [3.05, 3.63) is 64.2 Å². The van der Waals surface area contributed by atoms with Crippen LogP contribution in [0.4, 0.5) is 5.69 Å². The number of benzene rings is 2. The van der Waals surface area contributed by atoms with Gasteiger partial charge in [0.1, 0.15) is 12.6 Å². The predicted octanol–water partition coefficient (Wildman–Crippen LogP) is 4.44. The summed E-state index contributed by atoms with van der Waals surface area (Å²) in [5, 5.41) is 3.42. The van der Waals surface area contributed by atoms with Crippen LogP contribution in [0.15, 0.2) is 42.5 Å². The highest BCUT2D eigenvalue weighted by Crippen LogP contribution is 2.26. The minimum Gasteiger partial charge on any atom is -0.350 e. The molecule has 0 aliphatic rings. The molecule has 35 heavy (non-hydrogen) atoms. The molecule has 0 saturated carbocycles. The van der Waals surface area contributed by atoms with Crippen LogP contribution in [0.1, 0.15) is 50.8 Å². The first-order valence-corrected chi connectivity index (χ1v) is 13.8. The number of carbonyl (C=O) groups is 2. The van der Waals surface area contributed by atoms with Gasteiger partial charge in [-0.2, -0.15) is 0 Å².